The molecule has 2 unspecified atom stereocenters. The Morgan fingerprint density at radius 3 is 2.42 bits per heavy atom. The molecule has 1 saturated carbocycles. The van der Waals surface area contributed by atoms with Crippen LogP contribution in [0.3, 0.4) is 0 Å². The number of rotatable bonds is 10. The van der Waals surface area contributed by atoms with Gasteiger partial charge in [0.2, 0.25) is 0 Å². The van der Waals surface area contributed by atoms with Crippen LogP contribution in [0.4, 0.5) is 0 Å². The van der Waals surface area contributed by atoms with Gasteiger partial charge in [-0.05, 0) is 84.9 Å². The first-order valence-electron chi connectivity index (χ1n) is 14.1. The summed E-state index contributed by atoms with van der Waals surface area (Å²) in [5, 5.41) is 13.5. The number of aliphatic hydroxyl groups is 1. The fourth-order valence-corrected chi connectivity index (χ4v) is 6.77. The molecule has 2 aliphatic rings. The molecule has 1 aliphatic heterocycles. The van der Waals surface area contributed by atoms with Crippen molar-refractivity contribution < 1.29 is 9.90 Å². The summed E-state index contributed by atoms with van der Waals surface area (Å²) in [5.74, 6) is 0.759. The second kappa shape index (κ2) is 12.4. The van der Waals surface area contributed by atoms with Gasteiger partial charge in [-0.1, -0.05) is 87.0 Å². The van der Waals surface area contributed by atoms with Gasteiger partial charge in [0.25, 0.3) is 5.91 Å². The number of allylic oxidation sites excluding steroid dienone is 4. The van der Waals surface area contributed by atoms with E-state index in [0.717, 1.165) is 40.0 Å². The molecular weight excluding hydrogens is 539 g/mol. The van der Waals surface area contributed by atoms with Crippen molar-refractivity contribution in [2.24, 2.45) is 11.8 Å². The lowest BCUT2D eigenvalue weighted by Crippen LogP contribution is -2.37. The Bertz CT molecular complexity index is 1370. The summed E-state index contributed by atoms with van der Waals surface area (Å²) < 4.78 is 0. The molecule has 212 valence electrons. The molecule has 2 aromatic rings. The lowest BCUT2D eigenvalue weighted by Gasteiger charge is -2.23. The van der Waals surface area contributed by atoms with E-state index in [1.807, 2.05) is 36.2 Å². The van der Waals surface area contributed by atoms with Crippen LogP contribution in [0, 0.1) is 11.8 Å². The Kier molecular flexibility index (Phi) is 9.34. The monoisotopic (exact) mass is 578 g/mol. The second-order valence-corrected chi connectivity index (χ2v) is 12.0. The normalized spacial score (nSPS) is 23.2. The molecule has 1 fully saturated rings. The molecule has 0 bridgehead atoms. The number of hydrogen-bond donors (Lipinski definition) is 2. The van der Waals surface area contributed by atoms with E-state index in [2.05, 4.69) is 70.1 Å². The third-order valence-electron chi connectivity index (χ3n) is 9.08. The van der Waals surface area contributed by atoms with E-state index >= 15 is 0 Å². The van der Waals surface area contributed by atoms with Gasteiger partial charge in [0.15, 0.2) is 0 Å². The summed E-state index contributed by atoms with van der Waals surface area (Å²) in [6.07, 6.45) is 10.1. The third kappa shape index (κ3) is 5.81. The van der Waals surface area contributed by atoms with Gasteiger partial charge < -0.3 is 15.3 Å². The number of nitrogens with one attached hydrogen (secondary N) is 1. The molecule has 0 saturated heterocycles. The van der Waals surface area contributed by atoms with Crippen molar-refractivity contribution in [3.63, 3.8) is 0 Å². The molecule has 0 aromatic heterocycles. The molecule has 0 radical (unpaired) electrons. The minimum atomic E-state index is -0.283. The van der Waals surface area contributed by atoms with Crippen LogP contribution >= 0.6 is 23.2 Å². The van der Waals surface area contributed by atoms with Gasteiger partial charge >= 0.3 is 0 Å². The summed E-state index contributed by atoms with van der Waals surface area (Å²) in [6.45, 7) is 14.9. The first kappa shape index (κ1) is 30.2. The van der Waals surface area contributed by atoms with Crippen molar-refractivity contribution in [1.82, 2.24) is 10.2 Å². The van der Waals surface area contributed by atoms with Crippen LogP contribution in [0.2, 0.25) is 10.0 Å². The van der Waals surface area contributed by atoms with Crippen LogP contribution in [0.5, 0.6) is 0 Å². The zero-order valence-corrected chi connectivity index (χ0v) is 25.6. The van der Waals surface area contributed by atoms with Crippen LogP contribution < -0.4 is 5.32 Å². The van der Waals surface area contributed by atoms with Crippen molar-refractivity contribution in [1.29, 1.82) is 0 Å². The number of carbonyl (C=O) groups is 1. The minimum Gasteiger partial charge on any atom is -0.396 e. The van der Waals surface area contributed by atoms with Crippen molar-refractivity contribution in [3.8, 4) is 0 Å². The van der Waals surface area contributed by atoms with E-state index in [1.165, 1.54) is 0 Å². The molecule has 2 aromatic carbocycles. The summed E-state index contributed by atoms with van der Waals surface area (Å²) in [5.41, 5.74) is 6.78. The zero-order chi connectivity index (χ0) is 29.2. The lowest BCUT2D eigenvalue weighted by atomic mass is 9.88. The highest BCUT2D eigenvalue weighted by atomic mass is 35.5. The maximum Gasteiger partial charge on any atom is 0.253 e. The second-order valence-electron chi connectivity index (χ2n) is 11.2. The van der Waals surface area contributed by atoms with Crippen molar-refractivity contribution in [2.45, 2.75) is 65.3 Å². The molecule has 3 atom stereocenters. The Balaban J connectivity index is 1.45. The van der Waals surface area contributed by atoms with Gasteiger partial charge in [-0.3, -0.25) is 4.79 Å². The maximum absolute atomic E-state index is 13.3. The number of carbonyl (C=O) groups excluding carboxylic acids is 1. The van der Waals surface area contributed by atoms with Gasteiger partial charge in [0, 0.05) is 36.2 Å². The van der Waals surface area contributed by atoms with E-state index in [-0.39, 0.29) is 24.0 Å². The van der Waals surface area contributed by atoms with Crippen LogP contribution in [-0.4, -0.2) is 28.6 Å². The van der Waals surface area contributed by atoms with Crippen molar-refractivity contribution in [3.05, 3.63) is 111 Å². The van der Waals surface area contributed by atoms with E-state index in [1.54, 1.807) is 6.07 Å². The predicted molar refractivity (Wildman–Crippen MR) is 167 cm³/mol. The van der Waals surface area contributed by atoms with Gasteiger partial charge in [-0.2, -0.15) is 0 Å². The van der Waals surface area contributed by atoms with E-state index in [0.29, 0.717) is 40.3 Å². The zero-order valence-electron chi connectivity index (χ0n) is 24.1. The Labute approximate surface area is 249 Å². The maximum atomic E-state index is 13.3. The molecule has 40 heavy (non-hydrogen) atoms. The molecule has 4 nitrogen and oxygen atoms in total. The molecule has 1 aliphatic carbocycles. The number of hydrogen-bond acceptors (Lipinski definition) is 3. The van der Waals surface area contributed by atoms with E-state index in [4.69, 9.17) is 23.2 Å². The molecule has 2 N–H and O–H groups in total. The standard InChI is InChI=1S/C34H40Cl2N2O2/c1-7-34(23(4)24(34)5)30-15-14-29(31(35)32(30)36)33(40)37-28(16-18-39)19-26-10-12-27(13-11-26)22(3)20-38-17-8-9-21(2)25(38)6/h8-15,17,20,23-24,28,39H,6-7,16,18-19H2,1-5H3,(H,37,40)/b22-20+/t23?,24?,28-,34?/m1/s1. The number of aliphatic hydroxyl groups excluding tert-OH is 1. The van der Waals surface area contributed by atoms with Crippen LogP contribution in [-0.2, 0) is 11.8 Å². The molecule has 1 amide bonds. The minimum absolute atomic E-state index is 0.0172. The summed E-state index contributed by atoms with van der Waals surface area (Å²) in [4.78, 5) is 15.3. The average molecular weight is 580 g/mol. The SMILES string of the molecule is C=C1C(C)=CC=CN1/C=C(\C)c1ccc(C[C@@H](CCO)NC(=O)c2ccc(C3(CC)C(C)C3C)c(Cl)c2Cl)cc1. The number of nitrogens with zero attached hydrogens (tertiary/aromatic N) is 1. The Hall–Kier alpha value is -2.79. The fraction of sp³-hybridized carbons (Fsp3) is 0.382. The molecule has 0 spiro atoms. The van der Waals surface area contributed by atoms with E-state index < -0.39 is 0 Å². The van der Waals surface area contributed by atoms with Gasteiger partial charge in [-0.15, -0.1) is 0 Å². The quantitative estimate of drug-likeness (QED) is 0.298. The van der Waals surface area contributed by atoms with Crippen molar-refractivity contribution in [2.75, 3.05) is 6.61 Å². The highest BCUT2D eigenvalue weighted by Gasteiger charge is 2.59. The first-order valence-corrected chi connectivity index (χ1v) is 14.8. The number of amides is 1. The van der Waals surface area contributed by atoms with Gasteiger partial charge in [-0.25, -0.2) is 0 Å². The van der Waals surface area contributed by atoms with Gasteiger partial charge in [0.05, 0.1) is 15.6 Å². The summed E-state index contributed by atoms with van der Waals surface area (Å²) in [7, 11) is 0. The average Bonchev–Trinajstić information content (AvgIpc) is 3.47. The predicted octanol–water partition coefficient (Wildman–Crippen LogP) is 8.30. The van der Waals surface area contributed by atoms with Crippen LogP contribution in [0.25, 0.3) is 5.57 Å². The Morgan fingerprint density at radius 2 is 1.82 bits per heavy atom. The van der Waals surface area contributed by atoms with Crippen LogP contribution in [0.15, 0.2) is 78.8 Å². The largest absolute Gasteiger partial charge is 0.396 e. The molecular formula is C34H40Cl2N2O2. The van der Waals surface area contributed by atoms with E-state index in [9.17, 15) is 9.90 Å². The number of halogens is 2. The molecule has 1 heterocycles. The molecule has 6 heteroatoms. The highest BCUT2D eigenvalue weighted by molar-refractivity contribution is 6.44. The number of benzene rings is 2. The van der Waals surface area contributed by atoms with Crippen LogP contribution in [0.1, 0.15) is 74.5 Å². The topological polar surface area (TPSA) is 52.6 Å². The first-order chi connectivity index (χ1) is 19.0. The highest BCUT2D eigenvalue weighted by Crippen LogP contribution is 2.63. The molecule has 4 rings (SSSR count). The fourth-order valence-electron chi connectivity index (χ4n) is 6.18. The Morgan fingerprint density at radius 1 is 1.15 bits per heavy atom. The smallest absolute Gasteiger partial charge is 0.253 e. The van der Waals surface area contributed by atoms with Gasteiger partial charge in [0.1, 0.15) is 0 Å². The summed E-state index contributed by atoms with van der Waals surface area (Å²) >= 11 is 13.4. The summed E-state index contributed by atoms with van der Waals surface area (Å²) in [6, 6.07) is 11.8. The lowest BCUT2D eigenvalue weighted by molar-refractivity contribution is 0.0930. The van der Waals surface area contributed by atoms with Crippen molar-refractivity contribution >= 4 is 34.7 Å². The third-order valence-corrected chi connectivity index (χ3v) is 9.96.